The van der Waals surface area contributed by atoms with Gasteiger partial charge in [-0.15, -0.1) is 0 Å². The lowest BCUT2D eigenvalue weighted by molar-refractivity contribution is 0.414. The van der Waals surface area contributed by atoms with Gasteiger partial charge in [0.1, 0.15) is 11.4 Å². The standard InChI is InChI=1S/C19H18N2O2/c1-23-14-7-4-6-13(12-14)21-17-10-3-2-8-15(17)18(22)16-9-5-11-20-19(16)21/h4-7,9,11-12H,2-3,8,10H2,1H3. The molecule has 0 bridgehead atoms. The van der Waals surface area contributed by atoms with E-state index in [1.807, 2.05) is 36.4 Å². The molecule has 116 valence electrons. The number of nitrogens with zero attached hydrogens (tertiary/aromatic N) is 2. The van der Waals surface area contributed by atoms with Gasteiger partial charge in [0.15, 0.2) is 5.43 Å². The largest absolute Gasteiger partial charge is 0.497 e. The van der Waals surface area contributed by atoms with E-state index in [0.29, 0.717) is 5.39 Å². The normalized spacial score (nSPS) is 13.8. The number of hydrogen-bond acceptors (Lipinski definition) is 3. The third-order valence-corrected chi connectivity index (χ3v) is 4.54. The van der Waals surface area contributed by atoms with Crippen LogP contribution in [0.5, 0.6) is 5.75 Å². The molecule has 0 atom stereocenters. The minimum atomic E-state index is 0.141. The molecule has 4 heteroatoms. The Morgan fingerprint density at radius 1 is 1.13 bits per heavy atom. The highest BCUT2D eigenvalue weighted by molar-refractivity contribution is 5.78. The maximum Gasteiger partial charge on any atom is 0.194 e. The molecule has 0 radical (unpaired) electrons. The first-order chi connectivity index (χ1) is 11.3. The van der Waals surface area contributed by atoms with E-state index in [2.05, 4.69) is 9.55 Å². The summed E-state index contributed by atoms with van der Waals surface area (Å²) in [7, 11) is 1.66. The van der Waals surface area contributed by atoms with Crippen molar-refractivity contribution in [2.75, 3.05) is 7.11 Å². The molecular weight excluding hydrogens is 288 g/mol. The molecule has 4 nitrogen and oxygen atoms in total. The summed E-state index contributed by atoms with van der Waals surface area (Å²) in [4.78, 5) is 17.3. The number of pyridine rings is 2. The van der Waals surface area contributed by atoms with Gasteiger partial charge < -0.3 is 4.74 Å². The van der Waals surface area contributed by atoms with Gasteiger partial charge in [0, 0.05) is 23.5 Å². The Hall–Kier alpha value is -2.62. The smallest absolute Gasteiger partial charge is 0.194 e. The van der Waals surface area contributed by atoms with Crippen LogP contribution in [0.25, 0.3) is 16.7 Å². The van der Waals surface area contributed by atoms with Crippen LogP contribution in [-0.4, -0.2) is 16.7 Å². The Balaban J connectivity index is 2.12. The molecule has 0 spiro atoms. The zero-order valence-electron chi connectivity index (χ0n) is 13.1. The average Bonchev–Trinajstić information content (AvgIpc) is 2.62. The Bertz CT molecular complexity index is 944. The van der Waals surface area contributed by atoms with E-state index < -0.39 is 0 Å². The molecule has 23 heavy (non-hydrogen) atoms. The van der Waals surface area contributed by atoms with Gasteiger partial charge in [-0.3, -0.25) is 9.36 Å². The van der Waals surface area contributed by atoms with E-state index in [0.717, 1.165) is 54.0 Å². The van der Waals surface area contributed by atoms with Crippen LogP contribution in [0.4, 0.5) is 0 Å². The molecular formula is C19H18N2O2. The van der Waals surface area contributed by atoms with E-state index in [-0.39, 0.29) is 5.43 Å². The second kappa shape index (κ2) is 5.54. The highest BCUT2D eigenvalue weighted by Crippen LogP contribution is 2.27. The third kappa shape index (κ3) is 2.22. The lowest BCUT2D eigenvalue weighted by Crippen LogP contribution is -2.23. The molecule has 2 aromatic heterocycles. The summed E-state index contributed by atoms with van der Waals surface area (Å²) in [6.07, 6.45) is 5.69. The number of fused-ring (bicyclic) bond motifs is 2. The Morgan fingerprint density at radius 3 is 2.87 bits per heavy atom. The molecule has 0 saturated carbocycles. The molecule has 4 rings (SSSR count). The highest BCUT2D eigenvalue weighted by atomic mass is 16.5. The monoisotopic (exact) mass is 306 g/mol. The molecule has 0 amide bonds. The van der Waals surface area contributed by atoms with Crippen molar-refractivity contribution in [2.24, 2.45) is 0 Å². The first kappa shape index (κ1) is 14.0. The summed E-state index contributed by atoms with van der Waals surface area (Å²) in [6, 6.07) is 11.6. The quantitative estimate of drug-likeness (QED) is 0.730. The summed E-state index contributed by atoms with van der Waals surface area (Å²) < 4.78 is 7.49. The van der Waals surface area contributed by atoms with E-state index in [9.17, 15) is 4.79 Å². The van der Waals surface area contributed by atoms with Gasteiger partial charge in [-0.05, 0) is 49.9 Å². The predicted octanol–water partition coefficient (Wildman–Crippen LogP) is 3.27. The first-order valence-electron chi connectivity index (χ1n) is 7.95. The number of aromatic nitrogens is 2. The maximum absolute atomic E-state index is 12.8. The van der Waals surface area contributed by atoms with Crippen LogP contribution in [0, 0.1) is 0 Å². The van der Waals surface area contributed by atoms with Crippen LogP contribution in [0.3, 0.4) is 0 Å². The SMILES string of the molecule is COc1cccc(-n2c3c(c(=O)c4cccnc42)CCCC3)c1. The van der Waals surface area contributed by atoms with Crippen LogP contribution < -0.4 is 10.2 Å². The Kier molecular flexibility index (Phi) is 3.37. The second-order valence-electron chi connectivity index (χ2n) is 5.87. The molecule has 2 heterocycles. The van der Waals surface area contributed by atoms with Crippen molar-refractivity contribution in [1.29, 1.82) is 0 Å². The summed E-state index contributed by atoms with van der Waals surface area (Å²) in [5.41, 5.74) is 3.90. The number of rotatable bonds is 2. The van der Waals surface area contributed by atoms with Gasteiger partial charge in [0.2, 0.25) is 0 Å². The second-order valence-corrected chi connectivity index (χ2v) is 5.87. The fraction of sp³-hybridized carbons (Fsp3) is 0.263. The van der Waals surface area contributed by atoms with Gasteiger partial charge in [0.05, 0.1) is 18.2 Å². The summed E-state index contributed by atoms with van der Waals surface area (Å²) in [5.74, 6) is 0.801. The topological polar surface area (TPSA) is 44.1 Å². The van der Waals surface area contributed by atoms with Gasteiger partial charge in [-0.25, -0.2) is 4.98 Å². The molecule has 0 N–H and O–H groups in total. The summed E-state index contributed by atoms with van der Waals surface area (Å²) in [6.45, 7) is 0. The lowest BCUT2D eigenvalue weighted by Gasteiger charge is -2.23. The van der Waals surface area contributed by atoms with Gasteiger partial charge >= 0.3 is 0 Å². The van der Waals surface area contributed by atoms with Crippen molar-refractivity contribution >= 4 is 11.0 Å². The van der Waals surface area contributed by atoms with E-state index >= 15 is 0 Å². The molecule has 0 aliphatic heterocycles. The molecule has 1 aliphatic carbocycles. The molecule has 0 unspecified atom stereocenters. The van der Waals surface area contributed by atoms with Crippen molar-refractivity contribution in [2.45, 2.75) is 25.7 Å². The van der Waals surface area contributed by atoms with Gasteiger partial charge in [-0.1, -0.05) is 6.07 Å². The van der Waals surface area contributed by atoms with Crippen LogP contribution >= 0.6 is 0 Å². The van der Waals surface area contributed by atoms with Gasteiger partial charge in [0.25, 0.3) is 0 Å². The molecule has 1 aromatic carbocycles. The highest BCUT2D eigenvalue weighted by Gasteiger charge is 2.21. The maximum atomic E-state index is 12.8. The van der Waals surface area contributed by atoms with Gasteiger partial charge in [-0.2, -0.15) is 0 Å². The summed E-state index contributed by atoms with van der Waals surface area (Å²) >= 11 is 0. The lowest BCUT2D eigenvalue weighted by atomic mass is 9.94. The van der Waals surface area contributed by atoms with Crippen molar-refractivity contribution in [3.63, 3.8) is 0 Å². The zero-order chi connectivity index (χ0) is 15.8. The van der Waals surface area contributed by atoms with Crippen LogP contribution in [0.2, 0.25) is 0 Å². The first-order valence-corrected chi connectivity index (χ1v) is 7.95. The molecule has 0 fully saturated rings. The number of benzene rings is 1. The molecule has 0 saturated heterocycles. The number of ether oxygens (including phenoxy) is 1. The van der Waals surface area contributed by atoms with Crippen LogP contribution in [0.1, 0.15) is 24.1 Å². The fourth-order valence-electron chi connectivity index (χ4n) is 3.45. The van der Waals surface area contributed by atoms with Crippen LogP contribution in [-0.2, 0) is 12.8 Å². The van der Waals surface area contributed by atoms with Crippen molar-refractivity contribution in [3.05, 3.63) is 64.1 Å². The van der Waals surface area contributed by atoms with E-state index in [4.69, 9.17) is 4.74 Å². The van der Waals surface area contributed by atoms with E-state index in [1.165, 1.54) is 0 Å². The number of methoxy groups -OCH3 is 1. The number of hydrogen-bond donors (Lipinski definition) is 0. The molecule has 1 aliphatic rings. The Morgan fingerprint density at radius 2 is 2.00 bits per heavy atom. The average molecular weight is 306 g/mol. The van der Waals surface area contributed by atoms with Crippen molar-refractivity contribution in [1.82, 2.24) is 9.55 Å². The Labute approximate surface area is 134 Å². The third-order valence-electron chi connectivity index (χ3n) is 4.54. The van der Waals surface area contributed by atoms with Crippen LogP contribution in [0.15, 0.2) is 47.4 Å². The summed E-state index contributed by atoms with van der Waals surface area (Å²) in [5, 5.41) is 0.691. The predicted molar refractivity (Wildman–Crippen MR) is 90.5 cm³/mol. The zero-order valence-corrected chi connectivity index (χ0v) is 13.1. The van der Waals surface area contributed by atoms with Crippen molar-refractivity contribution < 1.29 is 4.74 Å². The van der Waals surface area contributed by atoms with E-state index in [1.54, 1.807) is 13.3 Å². The minimum absolute atomic E-state index is 0.141. The fourth-order valence-corrected chi connectivity index (χ4v) is 3.45. The van der Waals surface area contributed by atoms with Crippen molar-refractivity contribution in [3.8, 4) is 11.4 Å². The minimum Gasteiger partial charge on any atom is -0.497 e. The molecule has 3 aromatic rings.